The van der Waals surface area contributed by atoms with E-state index in [0.717, 1.165) is 12.8 Å². The minimum atomic E-state index is -0.0895. The first-order chi connectivity index (χ1) is 11.1. The highest BCUT2D eigenvalue weighted by molar-refractivity contribution is 5.94. The third kappa shape index (κ3) is 8.11. The van der Waals surface area contributed by atoms with E-state index in [1.165, 1.54) is 5.56 Å². The number of hydrogen-bond acceptors (Lipinski definition) is 4. The fourth-order valence-electron chi connectivity index (χ4n) is 2.33. The number of aliphatic hydroxyl groups excluding tert-OH is 2. The van der Waals surface area contributed by atoms with E-state index in [0.29, 0.717) is 37.7 Å². The molecule has 1 aromatic carbocycles. The maximum atomic E-state index is 12.1. The fourth-order valence-corrected chi connectivity index (χ4v) is 2.33. The average molecular weight is 322 g/mol. The predicted molar refractivity (Wildman–Crippen MR) is 92.5 cm³/mol. The second-order valence-electron chi connectivity index (χ2n) is 6.17. The average Bonchev–Trinajstić information content (AvgIpc) is 2.53. The molecule has 0 atom stereocenters. The van der Waals surface area contributed by atoms with Crippen molar-refractivity contribution in [2.75, 3.05) is 39.4 Å². The summed E-state index contributed by atoms with van der Waals surface area (Å²) in [6.07, 6.45) is 2.19. The van der Waals surface area contributed by atoms with Crippen LogP contribution in [0.1, 0.15) is 36.2 Å². The lowest BCUT2D eigenvalue weighted by molar-refractivity contribution is 0.0944. The molecule has 0 saturated carbocycles. The van der Waals surface area contributed by atoms with Crippen molar-refractivity contribution in [2.24, 2.45) is 5.92 Å². The molecule has 0 saturated heterocycles. The first-order valence-electron chi connectivity index (χ1n) is 8.38. The Kier molecular flexibility index (Phi) is 9.52. The van der Waals surface area contributed by atoms with Crippen LogP contribution in [0.3, 0.4) is 0 Å². The second kappa shape index (κ2) is 11.2. The van der Waals surface area contributed by atoms with Crippen LogP contribution < -0.4 is 5.32 Å². The standard InChI is InChI=1S/C18H30N2O3/c1-15(2)3-4-16-5-7-17(8-6-16)18(23)19-9-10-20(11-13-21)12-14-22/h5-8,15,21-22H,3-4,9-14H2,1-2H3,(H,19,23). The number of hydrogen-bond donors (Lipinski definition) is 3. The van der Waals surface area contributed by atoms with Gasteiger partial charge >= 0.3 is 0 Å². The van der Waals surface area contributed by atoms with Crippen molar-refractivity contribution < 1.29 is 15.0 Å². The summed E-state index contributed by atoms with van der Waals surface area (Å²) in [4.78, 5) is 14.0. The van der Waals surface area contributed by atoms with Gasteiger partial charge < -0.3 is 15.5 Å². The summed E-state index contributed by atoms with van der Waals surface area (Å²) in [6.45, 7) is 6.62. The van der Waals surface area contributed by atoms with E-state index in [1.807, 2.05) is 29.2 Å². The van der Waals surface area contributed by atoms with Gasteiger partial charge in [0, 0.05) is 31.7 Å². The van der Waals surface area contributed by atoms with Crippen molar-refractivity contribution in [2.45, 2.75) is 26.7 Å². The number of aryl methyl sites for hydroxylation is 1. The summed E-state index contributed by atoms with van der Waals surface area (Å²) in [7, 11) is 0. The van der Waals surface area contributed by atoms with Gasteiger partial charge in [-0.2, -0.15) is 0 Å². The molecule has 130 valence electrons. The summed E-state index contributed by atoms with van der Waals surface area (Å²) in [5.41, 5.74) is 1.92. The van der Waals surface area contributed by atoms with Gasteiger partial charge in [-0.25, -0.2) is 0 Å². The van der Waals surface area contributed by atoms with E-state index in [-0.39, 0.29) is 19.1 Å². The third-order valence-corrected chi connectivity index (χ3v) is 3.77. The Bertz CT molecular complexity index is 440. The lowest BCUT2D eigenvalue weighted by atomic mass is 10.0. The molecule has 0 radical (unpaired) electrons. The molecule has 0 heterocycles. The molecule has 5 heteroatoms. The van der Waals surface area contributed by atoms with Crippen LogP contribution in [-0.2, 0) is 6.42 Å². The highest BCUT2D eigenvalue weighted by Crippen LogP contribution is 2.10. The first-order valence-corrected chi connectivity index (χ1v) is 8.38. The van der Waals surface area contributed by atoms with Gasteiger partial charge in [-0.3, -0.25) is 9.69 Å². The van der Waals surface area contributed by atoms with E-state index in [9.17, 15) is 4.79 Å². The van der Waals surface area contributed by atoms with Crippen LogP contribution in [0.5, 0.6) is 0 Å². The van der Waals surface area contributed by atoms with Gasteiger partial charge in [0.25, 0.3) is 5.91 Å². The van der Waals surface area contributed by atoms with E-state index in [2.05, 4.69) is 19.2 Å². The molecule has 0 bridgehead atoms. The first kappa shape index (κ1) is 19.6. The molecule has 1 rings (SSSR count). The number of benzene rings is 1. The van der Waals surface area contributed by atoms with Crippen LogP contribution in [0.25, 0.3) is 0 Å². The number of rotatable bonds is 11. The van der Waals surface area contributed by atoms with Crippen molar-refractivity contribution in [3.05, 3.63) is 35.4 Å². The second-order valence-corrected chi connectivity index (χ2v) is 6.17. The molecular formula is C18H30N2O3. The Morgan fingerprint density at radius 1 is 1.09 bits per heavy atom. The molecule has 1 aromatic rings. The largest absolute Gasteiger partial charge is 0.395 e. The summed E-state index contributed by atoms with van der Waals surface area (Å²) < 4.78 is 0. The number of nitrogens with zero attached hydrogens (tertiary/aromatic N) is 1. The van der Waals surface area contributed by atoms with Crippen molar-refractivity contribution in [3.63, 3.8) is 0 Å². The van der Waals surface area contributed by atoms with Crippen LogP contribution in [0.4, 0.5) is 0 Å². The quantitative estimate of drug-likeness (QED) is 0.574. The zero-order chi connectivity index (χ0) is 17.1. The van der Waals surface area contributed by atoms with Crippen LogP contribution in [0.2, 0.25) is 0 Å². The van der Waals surface area contributed by atoms with Gasteiger partial charge in [0.2, 0.25) is 0 Å². The number of amides is 1. The fraction of sp³-hybridized carbons (Fsp3) is 0.611. The Morgan fingerprint density at radius 3 is 2.22 bits per heavy atom. The Morgan fingerprint density at radius 2 is 1.70 bits per heavy atom. The number of aliphatic hydroxyl groups is 2. The van der Waals surface area contributed by atoms with Gasteiger partial charge in [0.1, 0.15) is 0 Å². The Labute approximate surface area is 139 Å². The number of carbonyl (C=O) groups excluding carboxylic acids is 1. The molecule has 0 spiro atoms. The topological polar surface area (TPSA) is 72.8 Å². The molecule has 5 nitrogen and oxygen atoms in total. The number of nitrogens with one attached hydrogen (secondary N) is 1. The molecule has 0 aromatic heterocycles. The predicted octanol–water partition coefficient (Wildman–Crippen LogP) is 1.29. The zero-order valence-corrected chi connectivity index (χ0v) is 14.3. The van der Waals surface area contributed by atoms with Crippen molar-refractivity contribution >= 4 is 5.91 Å². The number of carbonyl (C=O) groups is 1. The smallest absolute Gasteiger partial charge is 0.251 e. The van der Waals surface area contributed by atoms with Crippen LogP contribution in [0, 0.1) is 5.92 Å². The van der Waals surface area contributed by atoms with Gasteiger partial charge in [0.05, 0.1) is 13.2 Å². The van der Waals surface area contributed by atoms with Gasteiger partial charge in [-0.1, -0.05) is 26.0 Å². The highest BCUT2D eigenvalue weighted by atomic mass is 16.3. The minimum Gasteiger partial charge on any atom is -0.395 e. The molecule has 0 aliphatic carbocycles. The maximum Gasteiger partial charge on any atom is 0.251 e. The molecule has 0 aliphatic rings. The summed E-state index contributed by atoms with van der Waals surface area (Å²) in [5, 5.41) is 20.8. The lowest BCUT2D eigenvalue weighted by Gasteiger charge is -2.20. The molecule has 23 heavy (non-hydrogen) atoms. The summed E-state index contributed by atoms with van der Waals surface area (Å²) >= 11 is 0. The molecule has 1 amide bonds. The van der Waals surface area contributed by atoms with Gasteiger partial charge in [-0.05, 0) is 36.5 Å². The molecule has 0 fully saturated rings. The SMILES string of the molecule is CC(C)CCc1ccc(C(=O)NCCN(CCO)CCO)cc1. The Hall–Kier alpha value is -1.43. The van der Waals surface area contributed by atoms with Crippen molar-refractivity contribution in [1.29, 1.82) is 0 Å². The van der Waals surface area contributed by atoms with E-state index in [4.69, 9.17) is 10.2 Å². The van der Waals surface area contributed by atoms with Crippen molar-refractivity contribution in [1.82, 2.24) is 10.2 Å². The van der Waals surface area contributed by atoms with E-state index >= 15 is 0 Å². The van der Waals surface area contributed by atoms with Crippen LogP contribution in [0.15, 0.2) is 24.3 Å². The zero-order valence-electron chi connectivity index (χ0n) is 14.3. The molecule has 3 N–H and O–H groups in total. The summed E-state index contributed by atoms with van der Waals surface area (Å²) in [6, 6.07) is 7.76. The maximum absolute atomic E-state index is 12.1. The molecular weight excluding hydrogens is 292 g/mol. The highest BCUT2D eigenvalue weighted by Gasteiger charge is 2.07. The van der Waals surface area contributed by atoms with Gasteiger partial charge in [0.15, 0.2) is 0 Å². The monoisotopic (exact) mass is 322 g/mol. The molecule has 0 unspecified atom stereocenters. The van der Waals surface area contributed by atoms with Crippen LogP contribution >= 0.6 is 0 Å². The summed E-state index contributed by atoms with van der Waals surface area (Å²) in [5.74, 6) is 0.590. The normalized spacial score (nSPS) is 11.2. The van der Waals surface area contributed by atoms with E-state index in [1.54, 1.807) is 0 Å². The minimum absolute atomic E-state index is 0.0474. The van der Waals surface area contributed by atoms with E-state index < -0.39 is 0 Å². The molecule has 0 aliphatic heterocycles. The van der Waals surface area contributed by atoms with Crippen LogP contribution in [-0.4, -0.2) is 60.4 Å². The van der Waals surface area contributed by atoms with Crippen molar-refractivity contribution in [3.8, 4) is 0 Å². The third-order valence-electron chi connectivity index (χ3n) is 3.77. The lowest BCUT2D eigenvalue weighted by Crippen LogP contribution is -2.37. The van der Waals surface area contributed by atoms with Gasteiger partial charge in [-0.15, -0.1) is 0 Å². The Balaban J connectivity index is 2.39.